The highest BCUT2D eigenvalue weighted by Gasteiger charge is 2.57. The van der Waals surface area contributed by atoms with Crippen molar-refractivity contribution in [3.05, 3.63) is 11.3 Å². The zero-order valence-electron chi connectivity index (χ0n) is 32.4. The van der Waals surface area contributed by atoms with E-state index < -0.39 is 95.8 Å². The van der Waals surface area contributed by atoms with E-state index in [4.69, 9.17) is 33.2 Å². The maximum absolute atomic E-state index is 14.3. The number of cyclic esters (lactones) is 1. The molecule has 4 rings (SSSR count). The number of likely N-dealkylation sites (N-methyl/N-ethyl adjacent to an activating group) is 1. The molecule has 13 heteroatoms. The van der Waals surface area contributed by atoms with Gasteiger partial charge in [0.25, 0.3) is 0 Å². The van der Waals surface area contributed by atoms with Crippen molar-refractivity contribution in [3.8, 4) is 0 Å². The highest BCUT2D eigenvalue weighted by Crippen LogP contribution is 2.48. The maximum atomic E-state index is 14.3. The van der Waals surface area contributed by atoms with Crippen LogP contribution in [0.4, 0.5) is 0 Å². The topological polar surface area (TPSA) is 166 Å². The molecule has 0 amide bonds. The largest absolute Gasteiger partial charge is 0.488 e. The fourth-order valence-corrected chi connectivity index (χ4v) is 8.73. The summed E-state index contributed by atoms with van der Waals surface area (Å²) in [4.78, 5) is 16.2. The number of ether oxygens (including phenoxy) is 7. The molecule has 1 unspecified atom stereocenters. The van der Waals surface area contributed by atoms with Crippen LogP contribution in [-0.2, 0) is 38.0 Å². The van der Waals surface area contributed by atoms with Crippen LogP contribution in [0.3, 0.4) is 0 Å². The molecule has 4 N–H and O–H groups in total. The first kappa shape index (κ1) is 41.4. The Morgan fingerprint density at radius 2 is 1.70 bits per heavy atom. The molecule has 0 radical (unpaired) electrons. The zero-order chi connectivity index (χ0) is 37.7. The number of esters is 1. The van der Waals surface area contributed by atoms with Gasteiger partial charge in [0.05, 0.1) is 41.9 Å². The number of carbonyl (C=O) groups is 1. The van der Waals surface area contributed by atoms with Gasteiger partial charge in [-0.25, -0.2) is 0 Å². The summed E-state index contributed by atoms with van der Waals surface area (Å²) in [5, 5.41) is 45.2. The summed E-state index contributed by atoms with van der Waals surface area (Å²) in [6.45, 7) is 18.0. The molecule has 0 spiro atoms. The zero-order valence-corrected chi connectivity index (χ0v) is 32.4. The van der Waals surface area contributed by atoms with Gasteiger partial charge in [-0.05, 0) is 81.0 Å². The van der Waals surface area contributed by atoms with Gasteiger partial charge < -0.3 is 58.5 Å². The SMILES string of the molecule is CC[C@@H](O)[C@@](C)(O)[C@@H]1OC(=O)[C@H](C)C(O[C@H]2C[C@@](C)(OC)[C@@H](O)[C@H](C)O2)[C@H](C)[C@@H](O[C@@H]2O[C@H](C)C[C@H](N(C)C)[C@H]2O)[C@@]2(C)CC(C)=C(O2)[C@@H]1C. The average molecular weight is 716 g/mol. The number of rotatable bonds is 9. The van der Waals surface area contributed by atoms with Crippen LogP contribution in [0.2, 0.25) is 0 Å². The number of aliphatic hydroxyl groups is 4. The Balaban J connectivity index is 1.83. The molecule has 4 heterocycles. The molecule has 50 heavy (non-hydrogen) atoms. The second kappa shape index (κ2) is 15.5. The highest BCUT2D eigenvalue weighted by molar-refractivity contribution is 5.73. The fourth-order valence-electron chi connectivity index (χ4n) is 8.73. The first-order chi connectivity index (χ1) is 23.1. The molecule has 0 aromatic heterocycles. The second-order valence-corrected chi connectivity index (χ2v) is 16.3. The van der Waals surface area contributed by atoms with Crippen molar-refractivity contribution in [3.63, 3.8) is 0 Å². The van der Waals surface area contributed by atoms with Crippen molar-refractivity contribution in [1.82, 2.24) is 4.90 Å². The maximum Gasteiger partial charge on any atom is 0.311 e. The van der Waals surface area contributed by atoms with Crippen LogP contribution in [0, 0.1) is 17.8 Å². The Bertz CT molecular complexity index is 1210. The molecule has 4 aliphatic heterocycles. The van der Waals surface area contributed by atoms with E-state index >= 15 is 0 Å². The number of methoxy groups -OCH3 is 1. The summed E-state index contributed by atoms with van der Waals surface area (Å²) in [6.07, 6.45) is -7.24. The molecule has 3 fully saturated rings. The van der Waals surface area contributed by atoms with Crippen molar-refractivity contribution >= 4 is 5.97 Å². The van der Waals surface area contributed by atoms with Crippen molar-refractivity contribution in [2.75, 3.05) is 21.2 Å². The fraction of sp³-hybridized carbons (Fsp3) is 0.919. The lowest BCUT2D eigenvalue weighted by Gasteiger charge is -2.48. The predicted molar refractivity (Wildman–Crippen MR) is 184 cm³/mol. The number of carbonyl (C=O) groups excluding carboxylic acids is 1. The summed E-state index contributed by atoms with van der Waals surface area (Å²) < 4.78 is 44.8. The standard InChI is InChI=1S/C37H65NO12/c1-14-25(39)37(10,43)32-20(4)28-18(2)16-36(9,50-28)31(49-34-27(40)24(38(11)12)15-19(3)45-34)21(5)29(22(6)33(42)48-32)47-26-17-35(8,44-13)30(41)23(7)46-26/h19-27,29-32,34,39-41,43H,14-17H2,1-13H3/t19-,20+,21+,22-,23+,24+,25-,26+,27-,29?,30+,31-,32-,34+,35-,36-,37-/m1/s1. The van der Waals surface area contributed by atoms with Gasteiger partial charge in [0, 0.05) is 31.9 Å². The number of aliphatic hydroxyl groups excluding tert-OH is 3. The minimum Gasteiger partial charge on any atom is -0.488 e. The van der Waals surface area contributed by atoms with Gasteiger partial charge >= 0.3 is 5.97 Å². The molecule has 4 aliphatic rings. The quantitative estimate of drug-likeness (QED) is 0.258. The molecule has 0 saturated carbocycles. The molecular formula is C37H65NO12. The Hall–Kier alpha value is -1.39. The van der Waals surface area contributed by atoms with Gasteiger partial charge in [-0.1, -0.05) is 20.8 Å². The van der Waals surface area contributed by atoms with E-state index in [-0.39, 0.29) is 25.0 Å². The van der Waals surface area contributed by atoms with Gasteiger partial charge in [-0.15, -0.1) is 0 Å². The third-order valence-corrected chi connectivity index (χ3v) is 11.9. The minimum absolute atomic E-state index is 0.174. The van der Waals surface area contributed by atoms with Gasteiger partial charge in [-0.2, -0.15) is 0 Å². The molecule has 13 nitrogen and oxygen atoms in total. The molecular weight excluding hydrogens is 650 g/mol. The van der Waals surface area contributed by atoms with Crippen molar-refractivity contribution in [2.24, 2.45) is 17.8 Å². The summed E-state index contributed by atoms with van der Waals surface area (Å²) in [5.74, 6) is -2.26. The lowest BCUT2D eigenvalue weighted by Crippen LogP contribution is -2.60. The van der Waals surface area contributed by atoms with Crippen molar-refractivity contribution in [2.45, 2.75) is 179 Å². The van der Waals surface area contributed by atoms with Crippen LogP contribution in [0.25, 0.3) is 0 Å². The molecule has 17 atom stereocenters. The van der Waals surface area contributed by atoms with Crippen LogP contribution in [0.1, 0.15) is 94.9 Å². The van der Waals surface area contributed by atoms with Gasteiger partial charge in [0.15, 0.2) is 12.6 Å². The molecule has 2 bridgehead atoms. The summed E-state index contributed by atoms with van der Waals surface area (Å²) in [6, 6.07) is -0.223. The predicted octanol–water partition coefficient (Wildman–Crippen LogP) is 2.89. The monoisotopic (exact) mass is 715 g/mol. The lowest BCUT2D eigenvalue weighted by atomic mass is 9.78. The minimum atomic E-state index is -1.82. The first-order valence-electron chi connectivity index (χ1n) is 18.3. The van der Waals surface area contributed by atoms with E-state index in [1.807, 2.05) is 53.6 Å². The second-order valence-electron chi connectivity index (χ2n) is 16.3. The van der Waals surface area contributed by atoms with Crippen molar-refractivity contribution in [1.29, 1.82) is 0 Å². The molecule has 0 aromatic carbocycles. The van der Waals surface area contributed by atoms with E-state index in [2.05, 4.69) is 0 Å². The highest BCUT2D eigenvalue weighted by atomic mass is 16.7. The number of nitrogens with zero attached hydrogens (tertiary/aromatic N) is 1. The van der Waals surface area contributed by atoms with Gasteiger partial charge in [0.1, 0.15) is 41.4 Å². The van der Waals surface area contributed by atoms with E-state index in [1.165, 1.54) is 14.0 Å². The van der Waals surface area contributed by atoms with Crippen molar-refractivity contribution < 1.29 is 58.4 Å². The van der Waals surface area contributed by atoms with Gasteiger partial charge in [0.2, 0.25) is 0 Å². The average Bonchev–Trinajstić information content (AvgIpc) is 3.36. The Kier molecular flexibility index (Phi) is 12.8. The third-order valence-electron chi connectivity index (χ3n) is 11.9. The van der Waals surface area contributed by atoms with Crippen LogP contribution in [0.5, 0.6) is 0 Å². The first-order valence-corrected chi connectivity index (χ1v) is 18.3. The summed E-state index contributed by atoms with van der Waals surface area (Å²) >= 11 is 0. The van der Waals surface area contributed by atoms with E-state index in [0.29, 0.717) is 18.6 Å². The Labute approximate surface area is 298 Å². The summed E-state index contributed by atoms with van der Waals surface area (Å²) in [5.41, 5.74) is -2.95. The normalized spacial score (nSPS) is 46.5. The van der Waals surface area contributed by atoms with Crippen LogP contribution in [0.15, 0.2) is 11.3 Å². The molecule has 3 saturated heterocycles. The number of hydrogen-bond donors (Lipinski definition) is 4. The number of hydrogen-bond acceptors (Lipinski definition) is 13. The lowest BCUT2D eigenvalue weighted by molar-refractivity contribution is -0.316. The van der Waals surface area contributed by atoms with Crippen LogP contribution < -0.4 is 0 Å². The Morgan fingerprint density at radius 3 is 2.28 bits per heavy atom. The Morgan fingerprint density at radius 1 is 1.06 bits per heavy atom. The molecule has 0 aromatic rings. The summed E-state index contributed by atoms with van der Waals surface area (Å²) in [7, 11) is 5.35. The smallest absolute Gasteiger partial charge is 0.311 e. The number of fused-ring (bicyclic) bond motifs is 2. The van der Waals surface area contributed by atoms with Gasteiger partial charge in [-0.3, -0.25) is 4.79 Å². The van der Waals surface area contributed by atoms with E-state index in [1.54, 1.807) is 27.7 Å². The molecule has 290 valence electrons. The van der Waals surface area contributed by atoms with Crippen LogP contribution in [-0.4, -0.2) is 137 Å². The van der Waals surface area contributed by atoms with E-state index in [9.17, 15) is 25.2 Å². The van der Waals surface area contributed by atoms with E-state index in [0.717, 1.165) is 5.57 Å². The third kappa shape index (κ3) is 7.93. The molecule has 0 aliphatic carbocycles. The van der Waals surface area contributed by atoms with Crippen LogP contribution >= 0.6 is 0 Å².